The molecule has 0 saturated carbocycles. The number of para-hydroxylation sites is 2. The van der Waals surface area contributed by atoms with Crippen molar-refractivity contribution in [2.45, 2.75) is 130 Å². The van der Waals surface area contributed by atoms with Gasteiger partial charge in [-0.2, -0.15) is 0 Å². The summed E-state index contributed by atoms with van der Waals surface area (Å²) in [7, 11) is 0. The minimum Gasteiger partial charge on any atom is -0.490 e. The molecule has 0 aromatic heterocycles. The van der Waals surface area contributed by atoms with Gasteiger partial charge in [0.05, 0.1) is 18.3 Å². The van der Waals surface area contributed by atoms with Gasteiger partial charge in [-0.25, -0.2) is 4.79 Å². The molecule has 4 nitrogen and oxygen atoms in total. The van der Waals surface area contributed by atoms with Crippen LogP contribution in [-0.4, -0.2) is 19.2 Å². The topological polar surface area (TPSA) is 44.8 Å². The van der Waals surface area contributed by atoms with Gasteiger partial charge in [-0.05, 0) is 49.6 Å². The van der Waals surface area contributed by atoms with Gasteiger partial charge in [0.1, 0.15) is 0 Å². The van der Waals surface area contributed by atoms with Crippen molar-refractivity contribution >= 4 is 5.97 Å². The molecule has 4 heteroatoms. The van der Waals surface area contributed by atoms with Crippen molar-refractivity contribution in [2.24, 2.45) is 0 Å². The first kappa shape index (κ1) is 32.9. The highest BCUT2D eigenvalue weighted by atomic mass is 16.6. The van der Waals surface area contributed by atoms with Gasteiger partial charge in [0, 0.05) is 6.61 Å². The zero-order valence-corrected chi connectivity index (χ0v) is 25.1. The number of rotatable bonds is 23. The summed E-state index contributed by atoms with van der Waals surface area (Å²) in [4.78, 5) is 12.7. The number of benzene rings is 2. The predicted octanol–water partition coefficient (Wildman–Crippen LogP) is 10.6. The number of hydrogen-bond acceptors (Lipinski definition) is 4. The lowest BCUT2D eigenvalue weighted by Crippen LogP contribution is -2.10. The Morgan fingerprint density at radius 3 is 1.69 bits per heavy atom. The molecular formula is C35H54O4. The molecule has 218 valence electrons. The van der Waals surface area contributed by atoms with Gasteiger partial charge < -0.3 is 14.2 Å². The van der Waals surface area contributed by atoms with E-state index in [2.05, 4.69) is 20.8 Å². The van der Waals surface area contributed by atoms with E-state index in [1.165, 1.54) is 83.5 Å². The summed E-state index contributed by atoms with van der Waals surface area (Å²) >= 11 is 0. The van der Waals surface area contributed by atoms with E-state index in [4.69, 9.17) is 14.2 Å². The molecule has 0 bridgehead atoms. The SMILES string of the molecule is CCCCCCCCCCCCCCCCOC(C)c1ccc(C(=O)Oc2ccccc2OCCCC)cc1. The van der Waals surface area contributed by atoms with Crippen LogP contribution in [-0.2, 0) is 4.74 Å². The van der Waals surface area contributed by atoms with E-state index in [1.807, 2.05) is 42.5 Å². The van der Waals surface area contributed by atoms with Crippen LogP contribution in [0.2, 0.25) is 0 Å². The van der Waals surface area contributed by atoms with Crippen molar-refractivity contribution in [3.63, 3.8) is 0 Å². The van der Waals surface area contributed by atoms with Crippen LogP contribution in [0.5, 0.6) is 11.5 Å². The third-order valence-corrected chi connectivity index (χ3v) is 7.29. The third-order valence-electron chi connectivity index (χ3n) is 7.29. The predicted molar refractivity (Wildman–Crippen MR) is 163 cm³/mol. The van der Waals surface area contributed by atoms with Gasteiger partial charge in [-0.15, -0.1) is 0 Å². The average molecular weight is 539 g/mol. The molecule has 0 saturated heterocycles. The zero-order chi connectivity index (χ0) is 28.0. The van der Waals surface area contributed by atoms with Crippen LogP contribution in [0.4, 0.5) is 0 Å². The molecule has 0 radical (unpaired) electrons. The van der Waals surface area contributed by atoms with Gasteiger partial charge in [0.15, 0.2) is 11.5 Å². The van der Waals surface area contributed by atoms with Crippen molar-refractivity contribution in [3.8, 4) is 11.5 Å². The monoisotopic (exact) mass is 538 g/mol. The van der Waals surface area contributed by atoms with Gasteiger partial charge in [0.25, 0.3) is 0 Å². The fourth-order valence-electron chi connectivity index (χ4n) is 4.68. The molecule has 2 rings (SSSR count). The van der Waals surface area contributed by atoms with E-state index in [1.54, 1.807) is 6.07 Å². The van der Waals surface area contributed by atoms with Gasteiger partial charge in [-0.1, -0.05) is 128 Å². The Morgan fingerprint density at radius 2 is 1.13 bits per heavy atom. The number of carbonyl (C=O) groups excluding carboxylic acids is 1. The zero-order valence-electron chi connectivity index (χ0n) is 25.1. The highest BCUT2D eigenvalue weighted by Gasteiger charge is 2.14. The Balaban J connectivity index is 1.56. The van der Waals surface area contributed by atoms with Crippen LogP contribution in [0.15, 0.2) is 48.5 Å². The smallest absolute Gasteiger partial charge is 0.343 e. The summed E-state index contributed by atoms with van der Waals surface area (Å²) in [5.41, 5.74) is 1.58. The van der Waals surface area contributed by atoms with Crippen molar-refractivity contribution in [1.82, 2.24) is 0 Å². The summed E-state index contributed by atoms with van der Waals surface area (Å²) in [5.74, 6) is 0.665. The molecule has 0 spiro atoms. The molecule has 0 aliphatic heterocycles. The molecular weight excluding hydrogens is 484 g/mol. The fraction of sp³-hybridized carbons (Fsp3) is 0.629. The van der Waals surface area contributed by atoms with Crippen LogP contribution in [0.1, 0.15) is 146 Å². The first-order chi connectivity index (χ1) is 19.2. The number of carbonyl (C=O) groups is 1. The summed E-state index contributed by atoms with van der Waals surface area (Å²) in [6.45, 7) is 7.85. The molecule has 0 aliphatic rings. The summed E-state index contributed by atoms with van der Waals surface area (Å²) in [6.07, 6.45) is 21.1. The van der Waals surface area contributed by atoms with Crippen LogP contribution in [0.25, 0.3) is 0 Å². The lowest BCUT2D eigenvalue weighted by atomic mass is 10.0. The number of esters is 1. The van der Waals surface area contributed by atoms with E-state index >= 15 is 0 Å². The number of hydrogen-bond donors (Lipinski definition) is 0. The Kier molecular flexibility index (Phi) is 18.1. The molecule has 0 fully saturated rings. The van der Waals surface area contributed by atoms with E-state index in [0.29, 0.717) is 23.7 Å². The molecule has 39 heavy (non-hydrogen) atoms. The maximum Gasteiger partial charge on any atom is 0.343 e. The van der Waals surface area contributed by atoms with Gasteiger partial charge >= 0.3 is 5.97 Å². The summed E-state index contributed by atoms with van der Waals surface area (Å²) < 4.78 is 17.5. The van der Waals surface area contributed by atoms with Gasteiger partial charge in [-0.3, -0.25) is 0 Å². The Hall–Kier alpha value is -2.33. The second-order valence-electron chi connectivity index (χ2n) is 10.8. The molecule has 0 heterocycles. The molecule has 2 aromatic carbocycles. The fourth-order valence-corrected chi connectivity index (χ4v) is 4.68. The molecule has 2 aromatic rings. The number of ether oxygens (including phenoxy) is 3. The highest BCUT2D eigenvalue weighted by molar-refractivity contribution is 5.91. The van der Waals surface area contributed by atoms with E-state index < -0.39 is 0 Å². The average Bonchev–Trinajstić information content (AvgIpc) is 2.96. The molecule has 0 N–H and O–H groups in total. The summed E-state index contributed by atoms with van der Waals surface area (Å²) in [6, 6.07) is 14.9. The normalized spacial score (nSPS) is 11.9. The van der Waals surface area contributed by atoms with Crippen LogP contribution < -0.4 is 9.47 Å². The molecule has 1 atom stereocenters. The standard InChI is InChI=1S/C35H54O4/c1-4-6-8-9-10-11-12-13-14-15-16-17-18-21-29-37-30(3)31-24-26-32(27-25-31)35(36)39-34-23-20-19-22-33(34)38-28-7-5-2/h19-20,22-27,30H,4-18,21,28-29H2,1-3H3. The highest BCUT2D eigenvalue weighted by Crippen LogP contribution is 2.28. The second kappa shape index (κ2) is 21.5. The maximum absolute atomic E-state index is 12.7. The van der Waals surface area contributed by atoms with Crippen molar-refractivity contribution < 1.29 is 19.0 Å². The Morgan fingerprint density at radius 1 is 0.615 bits per heavy atom. The Labute approximate surface area is 238 Å². The first-order valence-electron chi connectivity index (χ1n) is 15.8. The quantitative estimate of drug-likeness (QED) is 0.0802. The van der Waals surface area contributed by atoms with Crippen LogP contribution in [0, 0.1) is 0 Å². The van der Waals surface area contributed by atoms with Crippen LogP contribution >= 0.6 is 0 Å². The minimum atomic E-state index is -0.385. The molecule has 0 amide bonds. The molecule has 0 aliphatic carbocycles. The van der Waals surface area contributed by atoms with Gasteiger partial charge in [0.2, 0.25) is 0 Å². The van der Waals surface area contributed by atoms with E-state index in [-0.39, 0.29) is 12.1 Å². The maximum atomic E-state index is 12.7. The number of unbranched alkanes of at least 4 members (excludes halogenated alkanes) is 14. The third kappa shape index (κ3) is 14.6. The lowest BCUT2D eigenvalue weighted by molar-refractivity contribution is 0.0625. The van der Waals surface area contributed by atoms with Crippen molar-refractivity contribution in [3.05, 3.63) is 59.7 Å². The largest absolute Gasteiger partial charge is 0.490 e. The first-order valence-corrected chi connectivity index (χ1v) is 15.8. The summed E-state index contributed by atoms with van der Waals surface area (Å²) in [5, 5.41) is 0. The second-order valence-corrected chi connectivity index (χ2v) is 10.8. The van der Waals surface area contributed by atoms with Crippen LogP contribution in [0.3, 0.4) is 0 Å². The van der Waals surface area contributed by atoms with E-state index in [0.717, 1.165) is 31.4 Å². The van der Waals surface area contributed by atoms with Crippen molar-refractivity contribution in [2.75, 3.05) is 13.2 Å². The van der Waals surface area contributed by atoms with Crippen molar-refractivity contribution in [1.29, 1.82) is 0 Å². The molecule has 1 unspecified atom stereocenters. The van der Waals surface area contributed by atoms with E-state index in [9.17, 15) is 4.79 Å². The minimum absolute atomic E-state index is 0.00438. The Bertz CT molecular complexity index is 876. The lowest BCUT2D eigenvalue weighted by Gasteiger charge is -2.14.